The highest BCUT2D eigenvalue weighted by Crippen LogP contribution is 2.20. The van der Waals surface area contributed by atoms with Crippen molar-refractivity contribution in [1.29, 1.82) is 0 Å². The maximum Gasteiger partial charge on any atom is 0.0221 e. The van der Waals surface area contributed by atoms with Gasteiger partial charge in [0.05, 0.1) is 0 Å². The number of hydrogen-bond donors (Lipinski definition) is 6. The smallest absolute Gasteiger partial charge is 0.0221 e. The Kier molecular flexibility index (Phi) is 9.82. The molecule has 2 aliphatic carbocycles. The Morgan fingerprint density at radius 1 is 0.593 bits per heavy atom. The van der Waals surface area contributed by atoms with Gasteiger partial charge >= 0.3 is 0 Å². The molecule has 0 aromatic heterocycles. The van der Waals surface area contributed by atoms with E-state index in [1.165, 1.54) is 57.8 Å². The summed E-state index contributed by atoms with van der Waals surface area (Å²) in [6, 6.07) is 3.05. The molecule has 1 saturated heterocycles. The lowest BCUT2D eigenvalue weighted by Gasteiger charge is -2.35. The van der Waals surface area contributed by atoms with E-state index in [-0.39, 0.29) is 0 Å². The van der Waals surface area contributed by atoms with Crippen LogP contribution in [0.15, 0.2) is 0 Å². The normalized spacial score (nSPS) is 37.4. The molecule has 0 aromatic carbocycles. The molecule has 1 aliphatic heterocycles. The second-order valence-corrected chi connectivity index (χ2v) is 8.85. The Labute approximate surface area is 166 Å². The summed E-state index contributed by atoms with van der Waals surface area (Å²) in [4.78, 5) is 0. The van der Waals surface area contributed by atoms with Crippen LogP contribution in [0.3, 0.4) is 0 Å². The number of rotatable bonds is 3. The second-order valence-electron chi connectivity index (χ2n) is 8.85. The molecule has 2 saturated carbocycles. The van der Waals surface area contributed by atoms with Crippen LogP contribution in [-0.2, 0) is 0 Å². The fraction of sp³-hybridized carbons (Fsp3) is 1.00. The van der Waals surface area contributed by atoms with Gasteiger partial charge in [-0.2, -0.15) is 0 Å². The molecule has 3 rings (SSSR count). The number of nitrogens with one attached hydrogen (secondary N) is 5. The first-order chi connectivity index (χ1) is 13.4. The minimum atomic E-state index is 0.531. The summed E-state index contributed by atoms with van der Waals surface area (Å²) < 4.78 is 0. The van der Waals surface area contributed by atoms with Crippen LogP contribution in [0.5, 0.6) is 0 Å². The molecule has 0 amide bonds. The van der Waals surface area contributed by atoms with E-state index in [0.717, 1.165) is 45.7 Å². The molecular formula is C21H44N6. The zero-order valence-corrected chi connectivity index (χ0v) is 17.3. The molecule has 0 spiro atoms. The summed E-state index contributed by atoms with van der Waals surface area (Å²) in [6.07, 6.45) is 13.0. The molecule has 3 fully saturated rings. The fourth-order valence-corrected chi connectivity index (χ4v) is 5.22. The molecule has 1 heterocycles. The van der Waals surface area contributed by atoms with Gasteiger partial charge in [-0.1, -0.05) is 25.7 Å². The molecule has 0 radical (unpaired) electrons. The molecule has 6 nitrogen and oxygen atoms in total. The molecular weight excluding hydrogens is 336 g/mol. The highest BCUT2D eigenvalue weighted by molar-refractivity contribution is 4.90. The van der Waals surface area contributed by atoms with Gasteiger partial charge in [-0.25, -0.2) is 0 Å². The summed E-state index contributed by atoms with van der Waals surface area (Å²) >= 11 is 0. The molecule has 3 aliphatic rings. The van der Waals surface area contributed by atoms with E-state index in [4.69, 9.17) is 5.73 Å². The van der Waals surface area contributed by atoms with E-state index in [0.29, 0.717) is 30.2 Å². The van der Waals surface area contributed by atoms with Crippen molar-refractivity contribution < 1.29 is 0 Å². The Morgan fingerprint density at radius 3 is 1.52 bits per heavy atom. The van der Waals surface area contributed by atoms with Gasteiger partial charge in [0.2, 0.25) is 0 Å². The quantitative estimate of drug-likeness (QED) is 0.432. The van der Waals surface area contributed by atoms with Crippen LogP contribution in [0.4, 0.5) is 0 Å². The minimum absolute atomic E-state index is 0.531. The average molecular weight is 381 g/mol. The summed E-state index contributed by atoms with van der Waals surface area (Å²) in [5, 5.41) is 19.2. The molecule has 0 aromatic rings. The zero-order chi connectivity index (χ0) is 18.7. The van der Waals surface area contributed by atoms with E-state index in [2.05, 4.69) is 26.6 Å². The number of nitrogens with two attached hydrogens (primary N) is 1. The maximum atomic E-state index is 5.77. The molecule has 0 bridgehead atoms. The maximum absolute atomic E-state index is 5.77. The van der Waals surface area contributed by atoms with Gasteiger partial charge in [0.15, 0.2) is 0 Å². The highest BCUT2D eigenvalue weighted by Gasteiger charge is 2.27. The van der Waals surface area contributed by atoms with Gasteiger partial charge in [-0.05, 0) is 45.1 Å². The van der Waals surface area contributed by atoms with Crippen molar-refractivity contribution in [3.8, 4) is 0 Å². The molecule has 7 N–H and O–H groups in total. The van der Waals surface area contributed by atoms with Crippen molar-refractivity contribution in [2.24, 2.45) is 5.73 Å². The molecule has 5 unspecified atom stereocenters. The summed E-state index contributed by atoms with van der Waals surface area (Å²) in [7, 11) is 0. The second kappa shape index (κ2) is 12.3. The Hall–Kier alpha value is -0.240. The van der Waals surface area contributed by atoms with Gasteiger partial charge in [0.25, 0.3) is 0 Å². The van der Waals surface area contributed by atoms with Crippen molar-refractivity contribution >= 4 is 0 Å². The molecule has 158 valence electrons. The topological polar surface area (TPSA) is 86.2 Å². The average Bonchev–Trinajstić information content (AvgIpc) is 2.71. The van der Waals surface area contributed by atoms with Crippen molar-refractivity contribution in [3.63, 3.8) is 0 Å². The van der Waals surface area contributed by atoms with Gasteiger partial charge < -0.3 is 32.3 Å². The zero-order valence-electron chi connectivity index (χ0n) is 17.3. The van der Waals surface area contributed by atoms with Crippen LogP contribution in [-0.4, -0.2) is 69.5 Å². The van der Waals surface area contributed by atoms with Crippen LogP contribution in [0.2, 0.25) is 0 Å². The van der Waals surface area contributed by atoms with Crippen molar-refractivity contribution in [3.05, 3.63) is 0 Å². The predicted octanol–water partition coefficient (Wildman–Crippen LogP) is 0.678. The third-order valence-electron chi connectivity index (χ3n) is 6.82. The van der Waals surface area contributed by atoms with Crippen molar-refractivity contribution in [2.45, 2.75) is 94.4 Å². The Balaban J connectivity index is 1.58. The largest absolute Gasteiger partial charge is 0.330 e. The first-order valence-electron chi connectivity index (χ1n) is 11.7. The Bertz CT molecular complexity index is 393. The van der Waals surface area contributed by atoms with E-state index in [1.54, 1.807) is 0 Å². The lowest BCUT2D eigenvalue weighted by Crippen LogP contribution is -2.54. The third kappa shape index (κ3) is 7.26. The molecule has 6 heteroatoms. The predicted molar refractivity (Wildman–Crippen MR) is 114 cm³/mol. The van der Waals surface area contributed by atoms with Crippen LogP contribution in [0, 0.1) is 0 Å². The molecule has 27 heavy (non-hydrogen) atoms. The monoisotopic (exact) mass is 380 g/mol. The standard InChI is InChI=1S/C21H44N6/c22-11-5-6-17-16-27-21-10-4-3-9-20(21)26-15-14-25-19-8-2-1-7-18(19)24-13-12-23-17/h17-21,23-27H,1-16,22H2. The van der Waals surface area contributed by atoms with Gasteiger partial charge in [-0.3, -0.25) is 0 Å². The number of hydrogen-bond acceptors (Lipinski definition) is 6. The van der Waals surface area contributed by atoms with E-state index < -0.39 is 0 Å². The third-order valence-corrected chi connectivity index (χ3v) is 6.82. The summed E-state index contributed by atoms with van der Waals surface area (Å²) in [5.41, 5.74) is 5.77. The van der Waals surface area contributed by atoms with Crippen molar-refractivity contribution in [1.82, 2.24) is 26.6 Å². The van der Waals surface area contributed by atoms with Gasteiger partial charge in [-0.15, -0.1) is 0 Å². The van der Waals surface area contributed by atoms with Crippen LogP contribution in [0.25, 0.3) is 0 Å². The number of fused-ring (bicyclic) bond motifs is 2. The SMILES string of the molecule is NCCCC1CNC2CCCCC2NCCNC2CCCCC2NCCN1. The fourth-order valence-electron chi connectivity index (χ4n) is 5.22. The van der Waals surface area contributed by atoms with E-state index in [1.807, 2.05) is 0 Å². The highest BCUT2D eigenvalue weighted by atomic mass is 15.1. The van der Waals surface area contributed by atoms with Gasteiger partial charge in [0.1, 0.15) is 0 Å². The lowest BCUT2D eigenvalue weighted by molar-refractivity contribution is 0.267. The van der Waals surface area contributed by atoms with Crippen LogP contribution < -0.4 is 32.3 Å². The molecule has 5 atom stereocenters. The lowest BCUT2D eigenvalue weighted by atomic mass is 9.89. The van der Waals surface area contributed by atoms with E-state index in [9.17, 15) is 0 Å². The summed E-state index contributed by atoms with van der Waals surface area (Å²) in [6.45, 7) is 6.13. The van der Waals surface area contributed by atoms with Gasteiger partial charge in [0, 0.05) is 62.9 Å². The van der Waals surface area contributed by atoms with E-state index >= 15 is 0 Å². The first-order valence-corrected chi connectivity index (χ1v) is 11.7. The summed E-state index contributed by atoms with van der Waals surface area (Å²) in [5.74, 6) is 0. The van der Waals surface area contributed by atoms with Crippen LogP contribution in [0.1, 0.15) is 64.2 Å². The first kappa shape index (κ1) is 21.5. The van der Waals surface area contributed by atoms with Crippen LogP contribution >= 0.6 is 0 Å². The van der Waals surface area contributed by atoms with Crippen molar-refractivity contribution in [2.75, 3.05) is 39.3 Å². The minimum Gasteiger partial charge on any atom is -0.330 e. The Morgan fingerprint density at radius 2 is 1.04 bits per heavy atom.